The lowest BCUT2D eigenvalue weighted by molar-refractivity contribution is 0.0193. The third kappa shape index (κ3) is 6.39. The van der Waals surface area contributed by atoms with Crippen molar-refractivity contribution in [3.8, 4) is 0 Å². The molecule has 1 aromatic carbocycles. The highest BCUT2D eigenvalue weighted by Crippen LogP contribution is 2.36. The Morgan fingerprint density at radius 1 is 1.24 bits per heavy atom. The van der Waals surface area contributed by atoms with E-state index in [1.165, 1.54) is 22.8 Å². The number of aliphatic hydroxyl groups is 1. The second-order valence-electron chi connectivity index (χ2n) is 12.1. The third-order valence-electron chi connectivity index (χ3n) is 7.11. The van der Waals surface area contributed by atoms with Gasteiger partial charge in [0.25, 0.3) is 5.56 Å². The molecule has 41 heavy (non-hydrogen) atoms. The summed E-state index contributed by atoms with van der Waals surface area (Å²) in [7, 11) is -3.83. The summed E-state index contributed by atoms with van der Waals surface area (Å²) in [4.78, 5) is 32.8. The van der Waals surface area contributed by atoms with Crippen molar-refractivity contribution in [1.82, 2.24) is 29.0 Å². The Kier molecular flexibility index (Phi) is 7.37. The minimum Gasteiger partial charge on any atom is -0.444 e. The number of nitrogens with zero attached hydrogens (tertiary/aromatic N) is 5. The molecule has 14 heteroatoms. The number of benzene rings is 1. The minimum atomic E-state index is -3.83. The second kappa shape index (κ2) is 10.4. The number of fused-ring (bicyclic) bond motifs is 2. The van der Waals surface area contributed by atoms with Crippen LogP contribution in [0.2, 0.25) is 0 Å². The monoisotopic (exact) mass is 587 g/mol. The van der Waals surface area contributed by atoms with Crippen molar-refractivity contribution in [3.63, 3.8) is 0 Å². The normalized spacial score (nSPS) is 17.3. The Morgan fingerprint density at radius 2 is 1.98 bits per heavy atom. The number of rotatable bonds is 8. The molecule has 13 nitrogen and oxygen atoms in total. The first-order valence-corrected chi connectivity index (χ1v) is 15.1. The lowest BCUT2D eigenvalue weighted by Gasteiger charge is -2.31. The quantitative estimate of drug-likeness (QED) is 0.358. The van der Waals surface area contributed by atoms with Crippen molar-refractivity contribution < 1.29 is 23.1 Å². The van der Waals surface area contributed by atoms with Crippen LogP contribution in [0.4, 0.5) is 10.7 Å². The molecule has 1 amide bonds. The zero-order valence-electron chi connectivity index (χ0n) is 24.0. The minimum absolute atomic E-state index is 0.0100. The second-order valence-corrected chi connectivity index (χ2v) is 13.8. The molecule has 0 radical (unpaired) electrons. The SMILES string of the molecule is C[C@H](O)CNc1nc2ccc(S(=O)(=O)NC3(C)CC3)cc2c(=O)n1Cc1cnn2c1CN(C(=O)OC(C)(C)C)CC2. The molecule has 5 rings (SSSR count). The molecule has 1 atom stereocenters. The van der Waals surface area contributed by atoms with Gasteiger partial charge < -0.3 is 20.1 Å². The first-order chi connectivity index (χ1) is 19.1. The van der Waals surface area contributed by atoms with Gasteiger partial charge in [0.05, 0.1) is 53.4 Å². The van der Waals surface area contributed by atoms with Crippen molar-refractivity contribution in [2.75, 3.05) is 18.4 Å². The van der Waals surface area contributed by atoms with E-state index in [4.69, 9.17) is 4.74 Å². The maximum atomic E-state index is 13.9. The Labute approximate surface area is 238 Å². The predicted octanol–water partition coefficient (Wildman–Crippen LogP) is 2.02. The Hall–Kier alpha value is -3.49. The molecule has 1 fully saturated rings. The van der Waals surface area contributed by atoms with Crippen LogP contribution >= 0.6 is 0 Å². The van der Waals surface area contributed by atoms with E-state index in [0.29, 0.717) is 24.2 Å². The highest BCUT2D eigenvalue weighted by molar-refractivity contribution is 7.89. The third-order valence-corrected chi connectivity index (χ3v) is 8.75. The summed E-state index contributed by atoms with van der Waals surface area (Å²) in [5.74, 6) is 0.224. The molecular weight excluding hydrogens is 550 g/mol. The van der Waals surface area contributed by atoms with E-state index in [9.17, 15) is 23.1 Å². The molecule has 0 spiro atoms. The number of aromatic nitrogens is 4. The van der Waals surface area contributed by atoms with Gasteiger partial charge in [0.15, 0.2) is 0 Å². The molecule has 3 N–H and O–H groups in total. The summed E-state index contributed by atoms with van der Waals surface area (Å²) < 4.78 is 37.5. The first-order valence-electron chi connectivity index (χ1n) is 13.7. The molecule has 3 aromatic rings. The van der Waals surface area contributed by atoms with Gasteiger partial charge >= 0.3 is 6.09 Å². The smallest absolute Gasteiger partial charge is 0.410 e. The van der Waals surface area contributed by atoms with Crippen molar-refractivity contribution in [3.05, 3.63) is 46.0 Å². The van der Waals surface area contributed by atoms with Crippen molar-refractivity contribution in [2.24, 2.45) is 0 Å². The standard InChI is InChI=1S/C27H37N7O6S/c1-17(35)13-28-24-30-21-7-6-19(41(38,39)31-27(5)8-9-27)12-20(21)23(36)33(24)15-18-14-29-34-11-10-32(16-22(18)34)25(37)40-26(2,3)4/h6-7,12,14,17,31,35H,8-11,13,15-16H2,1-5H3,(H,28,30)/t17-/m0/s1. The van der Waals surface area contributed by atoms with Gasteiger partial charge in [-0.3, -0.25) is 14.0 Å². The highest BCUT2D eigenvalue weighted by Gasteiger charge is 2.41. The van der Waals surface area contributed by atoms with E-state index in [0.717, 1.165) is 18.5 Å². The van der Waals surface area contributed by atoms with Gasteiger partial charge in [0.1, 0.15) is 5.60 Å². The van der Waals surface area contributed by atoms with Crippen LogP contribution in [-0.2, 0) is 34.4 Å². The Morgan fingerprint density at radius 3 is 2.63 bits per heavy atom. The molecule has 0 saturated heterocycles. The maximum Gasteiger partial charge on any atom is 0.410 e. The molecule has 0 unspecified atom stereocenters. The number of ether oxygens (including phenoxy) is 1. The molecule has 3 heterocycles. The number of sulfonamides is 1. The van der Waals surface area contributed by atoms with Crippen molar-refractivity contribution in [2.45, 2.75) is 89.2 Å². The van der Waals surface area contributed by atoms with Crippen LogP contribution in [-0.4, -0.2) is 74.2 Å². The van der Waals surface area contributed by atoms with Gasteiger partial charge in [0, 0.05) is 24.2 Å². The van der Waals surface area contributed by atoms with Crippen LogP contribution in [0.5, 0.6) is 0 Å². The molecular formula is C27H37N7O6S. The van der Waals surface area contributed by atoms with Crippen LogP contribution in [0.15, 0.2) is 34.1 Å². The summed E-state index contributed by atoms with van der Waals surface area (Å²) in [5, 5.41) is 17.5. The molecule has 0 bridgehead atoms. The van der Waals surface area contributed by atoms with Gasteiger partial charge in [-0.25, -0.2) is 22.9 Å². The van der Waals surface area contributed by atoms with Gasteiger partial charge in [0.2, 0.25) is 16.0 Å². The number of anilines is 1. The van der Waals surface area contributed by atoms with E-state index >= 15 is 0 Å². The number of carbonyl (C=O) groups excluding carboxylic acids is 1. The largest absolute Gasteiger partial charge is 0.444 e. The molecule has 2 aliphatic rings. The molecule has 2 aromatic heterocycles. The zero-order chi connectivity index (χ0) is 29.7. The molecule has 1 aliphatic carbocycles. The number of carbonyl (C=O) groups is 1. The lowest BCUT2D eigenvalue weighted by atomic mass is 10.2. The fourth-order valence-corrected chi connectivity index (χ4v) is 6.14. The number of hydrogen-bond donors (Lipinski definition) is 3. The van der Waals surface area contributed by atoms with Gasteiger partial charge in [-0.2, -0.15) is 5.10 Å². The van der Waals surface area contributed by atoms with E-state index in [2.05, 4.69) is 20.1 Å². The van der Waals surface area contributed by atoms with E-state index < -0.39 is 38.9 Å². The average molecular weight is 588 g/mol. The summed E-state index contributed by atoms with van der Waals surface area (Å²) in [6.07, 6.45) is 2.04. The van der Waals surface area contributed by atoms with Crippen molar-refractivity contribution in [1.29, 1.82) is 0 Å². The van der Waals surface area contributed by atoms with E-state index in [-0.39, 0.29) is 35.9 Å². The van der Waals surface area contributed by atoms with Crippen LogP contribution in [0.25, 0.3) is 10.9 Å². The average Bonchev–Trinajstić information content (AvgIpc) is 3.46. The number of hydrogen-bond acceptors (Lipinski definition) is 9. The zero-order valence-corrected chi connectivity index (χ0v) is 24.8. The Bertz CT molecular complexity index is 1650. The molecule has 1 saturated carbocycles. The molecule has 222 valence electrons. The summed E-state index contributed by atoms with van der Waals surface area (Å²) in [5.41, 5.74) is 0.240. The lowest BCUT2D eigenvalue weighted by Crippen LogP contribution is -2.42. The fraction of sp³-hybridized carbons (Fsp3) is 0.556. The van der Waals surface area contributed by atoms with E-state index in [1.807, 2.05) is 27.7 Å². The maximum absolute atomic E-state index is 13.9. The first kappa shape index (κ1) is 29.0. The van der Waals surface area contributed by atoms with Crippen LogP contribution < -0.4 is 15.6 Å². The number of amides is 1. The van der Waals surface area contributed by atoms with Crippen LogP contribution in [0.3, 0.4) is 0 Å². The predicted molar refractivity (Wildman–Crippen MR) is 152 cm³/mol. The summed E-state index contributed by atoms with van der Waals surface area (Å²) in [6.45, 7) is 10.3. The van der Waals surface area contributed by atoms with Crippen molar-refractivity contribution >= 4 is 33.0 Å². The van der Waals surface area contributed by atoms with Crippen LogP contribution in [0, 0.1) is 0 Å². The van der Waals surface area contributed by atoms with Gasteiger partial charge in [-0.1, -0.05) is 0 Å². The Balaban J connectivity index is 1.52. The van der Waals surface area contributed by atoms with Gasteiger partial charge in [-0.05, 0) is 65.7 Å². The fourth-order valence-electron chi connectivity index (χ4n) is 4.65. The number of nitrogens with one attached hydrogen (secondary N) is 2. The summed E-state index contributed by atoms with van der Waals surface area (Å²) >= 11 is 0. The number of aliphatic hydroxyl groups excluding tert-OH is 1. The highest BCUT2D eigenvalue weighted by atomic mass is 32.2. The topological polar surface area (TPSA) is 161 Å². The van der Waals surface area contributed by atoms with Crippen LogP contribution in [0.1, 0.15) is 58.7 Å². The van der Waals surface area contributed by atoms with E-state index in [1.54, 1.807) is 22.7 Å². The summed E-state index contributed by atoms with van der Waals surface area (Å²) in [6, 6.07) is 4.30. The van der Waals surface area contributed by atoms with Gasteiger partial charge in [-0.15, -0.1) is 0 Å². The molecule has 1 aliphatic heterocycles.